The van der Waals surface area contributed by atoms with Gasteiger partial charge in [0.25, 0.3) is 5.91 Å². The molecule has 4 nitrogen and oxygen atoms in total. The van der Waals surface area contributed by atoms with Crippen molar-refractivity contribution in [2.45, 2.75) is 20.3 Å². The van der Waals surface area contributed by atoms with Crippen LogP contribution in [0.2, 0.25) is 0 Å². The number of carbonyl (C=O) groups is 1. The largest absolute Gasteiger partial charge is 0.364 e. The smallest absolute Gasteiger partial charge is 0.267 e. The summed E-state index contributed by atoms with van der Waals surface area (Å²) in [6.45, 7) is 3.71. The Hall–Kier alpha value is -2.95. The highest BCUT2D eigenvalue weighted by Crippen LogP contribution is 2.27. The van der Waals surface area contributed by atoms with Crippen molar-refractivity contribution < 1.29 is 9.18 Å². The molecule has 0 unspecified atom stereocenters. The van der Waals surface area contributed by atoms with Crippen LogP contribution in [-0.2, 0) is 6.42 Å². The Morgan fingerprint density at radius 3 is 2.50 bits per heavy atom. The topological polar surface area (TPSA) is 71.8 Å². The Kier molecular flexibility index (Phi) is 4.16. The summed E-state index contributed by atoms with van der Waals surface area (Å²) in [6.07, 6.45) is 0.370. The molecule has 0 aliphatic heterocycles. The summed E-state index contributed by atoms with van der Waals surface area (Å²) in [5.74, 6) is -0.850. The SMILES string of the molecule is Cc1ccc(-c2n[nH]c(C(N)=O)c2Cc2ccc(C)c(F)c2)cc1. The zero-order chi connectivity index (χ0) is 17.3. The molecule has 3 rings (SSSR count). The van der Waals surface area contributed by atoms with Crippen molar-refractivity contribution in [2.24, 2.45) is 5.73 Å². The first-order chi connectivity index (χ1) is 11.5. The molecule has 0 saturated heterocycles. The van der Waals surface area contributed by atoms with Gasteiger partial charge >= 0.3 is 0 Å². The molecule has 0 bridgehead atoms. The molecule has 5 heteroatoms. The van der Waals surface area contributed by atoms with Crippen LogP contribution in [0.5, 0.6) is 0 Å². The second kappa shape index (κ2) is 6.28. The third kappa shape index (κ3) is 3.06. The van der Waals surface area contributed by atoms with Gasteiger partial charge in [0.1, 0.15) is 11.5 Å². The van der Waals surface area contributed by atoms with E-state index in [1.807, 2.05) is 37.3 Å². The normalized spacial score (nSPS) is 10.8. The number of aromatic nitrogens is 2. The summed E-state index contributed by atoms with van der Waals surface area (Å²) in [4.78, 5) is 11.7. The van der Waals surface area contributed by atoms with Gasteiger partial charge in [0.15, 0.2) is 0 Å². The van der Waals surface area contributed by atoms with Crippen molar-refractivity contribution in [2.75, 3.05) is 0 Å². The molecule has 0 radical (unpaired) electrons. The van der Waals surface area contributed by atoms with Gasteiger partial charge in [0.05, 0.1) is 5.69 Å². The number of benzene rings is 2. The molecule has 3 aromatic rings. The van der Waals surface area contributed by atoms with Gasteiger partial charge in [-0.1, -0.05) is 42.0 Å². The molecule has 3 N–H and O–H groups in total. The van der Waals surface area contributed by atoms with E-state index < -0.39 is 5.91 Å². The first kappa shape index (κ1) is 15.9. The maximum Gasteiger partial charge on any atom is 0.267 e. The summed E-state index contributed by atoms with van der Waals surface area (Å²) in [5.41, 5.74) is 10.4. The number of hydrogen-bond acceptors (Lipinski definition) is 2. The van der Waals surface area contributed by atoms with Crippen LogP contribution >= 0.6 is 0 Å². The number of aromatic amines is 1. The van der Waals surface area contributed by atoms with Crippen LogP contribution < -0.4 is 5.73 Å². The Balaban J connectivity index is 2.07. The fraction of sp³-hybridized carbons (Fsp3) is 0.158. The van der Waals surface area contributed by atoms with Crippen LogP contribution in [-0.4, -0.2) is 16.1 Å². The molecular formula is C19H18FN3O. The maximum absolute atomic E-state index is 13.8. The number of amides is 1. The summed E-state index contributed by atoms with van der Waals surface area (Å²) < 4.78 is 13.8. The van der Waals surface area contributed by atoms with Crippen LogP contribution in [0, 0.1) is 19.7 Å². The van der Waals surface area contributed by atoms with E-state index in [1.165, 1.54) is 6.07 Å². The highest BCUT2D eigenvalue weighted by Gasteiger charge is 2.19. The minimum atomic E-state index is -0.580. The number of H-pyrrole nitrogens is 1. The van der Waals surface area contributed by atoms with E-state index in [4.69, 9.17) is 5.73 Å². The molecule has 2 aromatic carbocycles. The van der Waals surface area contributed by atoms with Gasteiger partial charge in [-0.25, -0.2) is 4.39 Å². The van der Waals surface area contributed by atoms with Gasteiger partial charge in [0, 0.05) is 17.5 Å². The second-order valence-corrected chi connectivity index (χ2v) is 5.92. The number of nitrogens with zero attached hydrogens (tertiary/aromatic N) is 1. The van der Waals surface area contributed by atoms with Crippen molar-refractivity contribution >= 4 is 5.91 Å². The van der Waals surface area contributed by atoms with Crippen molar-refractivity contribution in [3.05, 3.63) is 76.2 Å². The first-order valence-electron chi connectivity index (χ1n) is 7.65. The summed E-state index contributed by atoms with van der Waals surface area (Å²) in [7, 11) is 0. The summed E-state index contributed by atoms with van der Waals surface area (Å²) in [6, 6.07) is 12.9. The Bertz CT molecular complexity index is 897. The summed E-state index contributed by atoms with van der Waals surface area (Å²) in [5, 5.41) is 6.97. The van der Waals surface area contributed by atoms with Crippen LogP contribution in [0.15, 0.2) is 42.5 Å². The second-order valence-electron chi connectivity index (χ2n) is 5.92. The quantitative estimate of drug-likeness (QED) is 0.771. The van der Waals surface area contributed by atoms with Crippen LogP contribution in [0.4, 0.5) is 4.39 Å². The lowest BCUT2D eigenvalue weighted by Crippen LogP contribution is -2.14. The average molecular weight is 323 g/mol. The third-order valence-corrected chi connectivity index (χ3v) is 4.06. The number of nitrogens with one attached hydrogen (secondary N) is 1. The highest BCUT2D eigenvalue weighted by atomic mass is 19.1. The number of hydrogen-bond donors (Lipinski definition) is 2. The molecule has 0 fully saturated rings. The lowest BCUT2D eigenvalue weighted by atomic mass is 9.97. The van der Waals surface area contributed by atoms with Gasteiger partial charge in [-0.05, 0) is 31.0 Å². The molecule has 0 atom stereocenters. The zero-order valence-corrected chi connectivity index (χ0v) is 13.6. The van der Waals surface area contributed by atoms with Crippen LogP contribution in [0.3, 0.4) is 0 Å². The number of halogens is 1. The standard InChI is InChI=1S/C19H18FN3O/c1-11-3-7-14(8-4-11)17-15(18(19(21)24)23-22-17)9-13-6-5-12(2)16(20)10-13/h3-8,10H,9H2,1-2H3,(H2,21,24)(H,22,23). The van der Waals surface area contributed by atoms with Gasteiger partial charge < -0.3 is 5.73 Å². The number of rotatable bonds is 4. The fourth-order valence-corrected chi connectivity index (χ4v) is 2.64. The minimum Gasteiger partial charge on any atom is -0.364 e. The fourth-order valence-electron chi connectivity index (χ4n) is 2.64. The molecule has 0 aliphatic rings. The average Bonchev–Trinajstić information content (AvgIpc) is 2.95. The van der Waals surface area contributed by atoms with Crippen molar-refractivity contribution in [3.63, 3.8) is 0 Å². The van der Waals surface area contributed by atoms with Gasteiger partial charge in [-0.15, -0.1) is 0 Å². The lowest BCUT2D eigenvalue weighted by molar-refractivity contribution is 0.0995. The Labute approximate surface area is 139 Å². The molecular weight excluding hydrogens is 305 g/mol. The number of aryl methyl sites for hydroxylation is 2. The van der Waals surface area contributed by atoms with Crippen molar-refractivity contribution in [3.8, 4) is 11.3 Å². The molecule has 24 heavy (non-hydrogen) atoms. The number of nitrogens with two attached hydrogens (primary N) is 1. The predicted octanol–water partition coefficient (Wildman–Crippen LogP) is 3.52. The minimum absolute atomic E-state index is 0.256. The highest BCUT2D eigenvalue weighted by molar-refractivity contribution is 5.94. The molecule has 0 aliphatic carbocycles. The maximum atomic E-state index is 13.8. The van der Waals surface area contributed by atoms with E-state index in [0.29, 0.717) is 23.2 Å². The Morgan fingerprint density at radius 2 is 1.88 bits per heavy atom. The van der Waals surface area contributed by atoms with E-state index in [-0.39, 0.29) is 11.5 Å². The van der Waals surface area contributed by atoms with Gasteiger partial charge in [0.2, 0.25) is 0 Å². The van der Waals surface area contributed by atoms with E-state index in [9.17, 15) is 9.18 Å². The Morgan fingerprint density at radius 1 is 1.17 bits per heavy atom. The molecule has 0 saturated carbocycles. The molecule has 1 heterocycles. The van der Waals surface area contributed by atoms with Crippen LogP contribution in [0.1, 0.15) is 32.7 Å². The lowest BCUT2D eigenvalue weighted by Gasteiger charge is -2.07. The van der Waals surface area contributed by atoms with E-state index in [0.717, 1.165) is 16.7 Å². The number of primary amides is 1. The predicted molar refractivity (Wildman–Crippen MR) is 91.2 cm³/mol. The van der Waals surface area contributed by atoms with E-state index >= 15 is 0 Å². The van der Waals surface area contributed by atoms with Gasteiger partial charge in [-0.2, -0.15) is 5.10 Å². The monoisotopic (exact) mass is 323 g/mol. The zero-order valence-electron chi connectivity index (χ0n) is 13.6. The van der Waals surface area contributed by atoms with E-state index in [1.54, 1.807) is 13.0 Å². The number of carbonyl (C=O) groups excluding carboxylic acids is 1. The molecule has 0 spiro atoms. The van der Waals surface area contributed by atoms with E-state index in [2.05, 4.69) is 10.2 Å². The molecule has 122 valence electrons. The summed E-state index contributed by atoms with van der Waals surface area (Å²) >= 11 is 0. The molecule has 1 aromatic heterocycles. The third-order valence-electron chi connectivity index (χ3n) is 4.06. The first-order valence-corrected chi connectivity index (χ1v) is 7.65. The van der Waals surface area contributed by atoms with Crippen LogP contribution in [0.25, 0.3) is 11.3 Å². The molecule has 1 amide bonds. The van der Waals surface area contributed by atoms with Crippen molar-refractivity contribution in [1.82, 2.24) is 10.2 Å². The van der Waals surface area contributed by atoms with Crippen molar-refractivity contribution in [1.29, 1.82) is 0 Å². The van der Waals surface area contributed by atoms with Gasteiger partial charge in [-0.3, -0.25) is 9.89 Å².